The summed E-state index contributed by atoms with van der Waals surface area (Å²) in [5.41, 5.74) is -0.391. The third-order valence-electron chi connectivity index (χ3n) is 5.30. The quantitative estimate of drug-likeness (QED) is 0.652. The highest BCUT2D eigenvalue weighted by Gasteiger charge is 2.67. The van der Waals surface area contributed by atoms with Crippen LogP contribution in [-0.2, 0) is 19.1 Å². The van der Waals surface area contributed by atoms with Gasteiger partial charge in [0.25, 0.3) is 0 Å². The predicted octanol–water partition coefficient (Wildman–Crippen LogP) is 1.93. The number of carbonyl (C=O) groups excluding carboxylic acids is 3. The summed E-state index contributed by atoms with van der Waals surface area (Å²) in [5.74, 6) is -2.51. The van der Waals surface area contributed by atoms with E-state index in [1.807, 2.05) is 19.1 Å². The van der Waals surface area contributed by atoms with Gasteiger partial charge in [-0.1, -0.05) is 30.7 Å². The van der Waals surface area contributed by atoms with Gasteiger partial charge in [0.1, 0.15) is 5.54 Å². The van der Waals surface area contributed by atoms with Gasteiger partial charge in [0.2, 0.25) is 11.8 Å². The van der Waals surface area contributed by atoms with Crippen LogP contribution in [0.2, 0.25) is 5.02 Å². The first-order valence-electron chi connectivity index (χ1n) is 8.39. The monoisotopic (exact) mass is 364 g/mol. The lowest BCUT2D eigenvalue weighted by atomic mass is 9.78. The molecule has 0 aromatic heterocycles. The molecule has 25 heavy (non-hydrogen) atoms. The number of likely N-dealkylation sites (tertiary alicyclic amines) is 1. The molecule has 0 aliphatic carbocycles. The average molecular weight is 365 g/mol. The molecule has 2 amide bonds. The molecule has 0 spiro atoms. The Labute approximate surface area is 151 Å². The van der Waals surface area contributed by atoms with Crippen molar-refractivity contribution in [1.29, 1.82) is 0 Å². The number of amides is 2. The van der Waals surface area contributed by atoms with E-state index in [0.717, 1.165) is 10.5 Å². The van der Waals surface area contributed by atoms with Gasteiger partial charge in [0.15, 0.2) is 0 Å². The van der Waals surface area contributed by atoms with Crippen LogP contribution in [0.3, 0.4) is 0 Å². The van der Waals surface area contributed by atoms with E-state index < -0.39 is 29.4 Å². The zero-order valence-electron chi connectivity index (χ0n) is 14.4. The molecule has 2 fully saturated rings. The molecule has 6 nitrogen and oxygen atoms in total. The number of carbonyl (C=O) groups is 3. The number of ether oxygens (including phenoxy) is 1. The normalized spacial score (nSPS) is 31.4. The van der Waals surface area contributed by atoms with Crippen molar-refractivity contribution in [2.75, 3.05) is 13.7 Å². The molecule has 0 bridgehead atoms. The van der Waals surface area contributed by atoms with Gasteiger partial charge < -0.3 is 4.74 Å². The van der Waals surface area contributed by atoms with Crippen molar-refractivity contribution in [1.82, 2.24) is 10.2 Å². The SMILES string of the molecule is CCOC(=O)C1(CC)NC(c2ccc(Cl)cc2)C2C(=O)N(C)C(=O)C21. The smallest absolute Gasteiger partial charge is 0.327 e. The van der Waals surface area contributed by atoms with Gasteiger partial charge in [-0.25, -0.2) is 0 Å². The number of hydrogen-bond acceptors (Lipinski definition) is 5. The summed E-state index contributed by atoms with van der Waals surface area (Å²) in [4.78, 5) is 39.3. The van der Waals surface area contributed by atoms with Crippen LogP contribution in [0.15, 0.2) is 24.3 Å². The summed E-state index contributed by atoms with van der Waals surface area (Å²) >= 11 is 5.96. The van der Waals surface area contributed by atoms with Crippen molar-refractivity contribution in [2.24, 2.45) is 11.8 Å². The standard InChI is InChI=1S/C18H21ClN2O4/c1-4-18(17(24)25-5-2)13-12(15(22)21(3)16(13)23)14(20-18)10-6-8-11(19)9-7-10/h6-9,12-14,20H,4-5H2,1-3H3. The van der Waals surface area contributed by atoms with E-state index >= 15 is 0 Å². The van der Waals surface area contributed by atoms with Gasteiger partial charge in [-0.2, -0.15) is 0 Å². The summed E-state index contributed by atoms with van der Waals surface area (Å²) in [7, 11) is 1.47. The molecule has 2 aliphatic rings. The fraction of sp³-hybridized carbons (Fsp3) is 0.500. The molecule has 4 atom stereocenters. The molecule has 134 valence electrons. The number of fused-ring (bicyclic) bond motifs is 1. The predicted molar refractivity (Wildman–Crippen MR) is 91.7 cm³/mol. The number of nitrogens with zero attached hydrogens (tertiary/aromatic N) is 1. The van der Waals surface area contributed by atoms with E-state index in [4.69, 9.17) is 16.3 Å². The molecular formula is C18H21ClN2O4. The zero-order valence-corrected chi connectivity index (χ0v) is 15.2. The van der Waals surface area contributed by atoms with Gasteiger partial charge >= 0.3 is 5.97 Å². The average Bonchev–Trinajstić information content (AvgIpc) is 3.06. The maximum absolute atomic E-state index is 12.7. The van der Waals surface area contributed by atoms with Crippen LogP contribution < -0.4 is 5.32 Å². The minimum Gasteiger partial charge on any atom is -0.465 e. The Kier molecular flexibility index (Phi) is 4.60. The van der Waals surface area contributed by atoms with Crippen LogP contribution in [0.25, 0.3) is 0 Å². The van der Waals surface area contributed by atoms with E-state index in [-0.39, 0.29) is 18.4 Å². The number of benzene rings is 1. The van der Waals surface area contributed by atoms with Crippen molar-refractivity contribution >= 4 is 29.4 Å². The zero-order chi connectivity index (χ0) is 18.4. The first-order valence-corrected chi connectivity index (χ1v) is 8.77. The first-order chi connectivity index (χ1) is 11.9. The molecule has 1 aromatic carbocycles. The lowest BCUT2D eigenvalue weighted by Crippen LogP contribution is -2.55. The highest BCUT2D eigenvalue weighted by molar-refractivity contribution is 6.30. The maximum atomic E-state index is 12.7. The van der Waals surface area contributed by atoms with E-state index in [1.54, 1.807) is 19.1 Å². The van der Waals surface area contributed by atoms with Crippen LogP contribution in [0.4, 0.5) is 0 Å². The minimum absolute atomic E-state index is 0.212. The summed E-state index contributed by atoms with van der Waals surface area (Å²) in [6.45, 7) is 3.75. The molecule has 3 rings (SSSR count). The number of nitrogens with one attached hydrogen (secondary N) is 1. The minimum atomic E-state index is -1.21. The van der Waals surface area contributed by atoms with Gasteiger partial charge in [-0.3, -0.25) is 24.6 Å². The molecule has 4 unspecified atom stereocenters. The van der Waals surface area contributed by atoms with Crippen LogP contribution in [0.5, 0.6) is 0 Å². The Morgan fingerprint density at radius 2 is 1.88 bits per heavy atom. The van der Waals surface area contributed by atoms with E-state index in [2.05, 4.69) is 5.32 Å². The Bertz CT molecular complexity index is 720. The van der Waals surface area contributed by atoms with Crippen molar-refractivity contribution in [3.05, 3.63) is 34.9 Å². The van der Waals surface area contributed by atoms with Gasteiger partial charge in [0.05, 0.1) is 18.4 Å². The summed E-state index contributed by atoms with van der Waals surface area (Å²) < 4.78 is 5.25. The lowest BCUT2D eigenvalue weighted by Gasteiger charge is -2.31. The second-order valence-electron chi connectivity index (χ2n) is 6.46. The largest absolute Gasteiger partial charge is 0.465 e. The highest BCUT2D eigenvalue weighted by Crippen LogP contribution is 2.50. The van der Waals surface area contributed by atoms with Crippen molar-refractivity contribution < 1.29 is 19.1 Å². The molecular weight excluding hydrogens is 344 g/mol. The number of hydrogen-bond donors (Lipinski definition) is 1. The molecule has 0 saturated carbocycles. The molecule has 7 heteroatoms. The molecule has 2 heterocycles. The summed E-state index contributed by atoms with van der Waals surface area (Å²) in [5, 5.41) is 3.85. The van der Waals surface area contributed by atoms with E-state index in [0.29, 0.717) is 11.4 Å². The van der Waals surface area contributed by atoms with Crippen LogP contribution in [-0.4, -0.2) is 41.9 Å². The second-order valence-corrected chi connectivity index (χ2v) is 6.89. The van der Waals surface area contributed by atoms with Crippen molar-refractivity contribution in [3.8, 4) is 0 Å². The van der Waals surface area contributed by atoms with E-state index in [1.165, 1.54) is 7.05 Å². The van der Waals surface area contributed by atoms with Crippen LogP contribution in [0.1, 0.15) is 31.9 Å². The Morgan fingerprint density at radius 3 is 2.44 bits per heavy atom. The third-order valence-corrected chi connectivity index (χ3v) is 5.55. The Hall–Kier alpha value is -1.92. The fourth-order valence-electron chi connectivity index (χ4n) is 4.02. The number of halogens is 1. The molecule has 2 aliphatic heterocycles. The lowest BCUT2D eigenvalue weighted by molar-refractivity contribution is -0.156. The number of esters is 1. The topological polar surface area (TPSA) is 75.7 Å². The fourth-order valence-corrected chi connectivity index (χ4v) is 4.15. The Morgan fingerprint density at radius 1 is 1.24 bits per heavy atom. The molecule has 0 radical (unpaired) electrons. The molecule has 1 N–H and O–H groups in total. The summed E-state index contributed by atoms with van der Waals surface area (Å²) in [6.07, 6.45) is 0.351. The third kappa shape index (κ3) is 2.55. The maximum Gasteiger partial charge on any atom is 0.327 e. The number of rotatable bonds is 4. The number of imide groups is 1. The molecule has 2 saturated heterocycles. The van der Waals surface area contributed by atoms with Gasteiger partial charge in [-0.05, 0) is 31.0 Å². The van der Waals surface area contributed by atoms with Crippen molar-refractivity contribution in [3.63, 3.8) is 0 Å². The van der Waals surface area contributed by atoms with E-state index in [9.17, 15) is 14.4 Å². The Balaban J connectivity index is 2.10. The summed E-state index contributed by atoms with van der Waals surface area (Å²) in [6, 6.07) is 6.63. The second kappa shape index (κ2) is 6.42. The van der Waals surface area contributed by atoms with Gasteiger partial charge in [0, 0.05) is 18.1 Å². The van der Waals surface area contributed by atoms with Gasteiger partial charge in [-0.15, -0.1) is 0 Å². The van der Waals surface area contributed by atoms with Crippen molar-refractivity contribution in [2.45, 2.75) is 31.8 Å². The van der Waals surface area contributed by atoms with Crippen LogP contribution >= 0.6 is 11.6 Å². The molecule has 1 aromatic rings. The highest BCUT2D eigenvalue weighted by atomic mass is 35.5. The first kappa shape index (κ1) is 17.9. The van der Waals surface area contributed by atoms with Crippen LogP contribution in [0, 0.1) is 11.8 Å².